The fourth-order valence-corrected chi connectivity index (χ4v) is 2.73. The standard InChI is InChI=1S/C16H21NO/c1-2-15-14(11-17-10-12-6-5-7-12)13-8-3-4-9-16(13)18-15/h3-4,8-9,12,17H,2,5-7,10-11H2,1H3. The van der Waals surface area contributed by atoms with Crippen molar-refractivity contribution in [3.05, 3.63) is 35.6 Å². The fourth-order valence-electron chi connectivity index (χ4n) is 2.73. The summed E-state index contributed by atoms with van der Waals surface area (Å²) in [5, 5.41) is 4.87. The SMILES string of the molecule is CCc1oc2ccccc2c1CNCC1CCC1. The lowest BCUT2D eigenvalue weighted by Gasteiger charge is -2.25. The van der Waals surface area contributed by atoms with E-state index in [1.54, 1.807) is 0 Å². The summed E-state index contributed by atoms with van der Waals surface area (Å²) < 4.78 is 5.91. The molecular formula is C16H21NO. The first-order valence-corrected chi connectivity index (χ1v) is 7.08. The van der Waals surface area contributed by atoms with Gasteiger partial charge in [0.1, 0.15) is 11.3 Å². The van der Waals surface area contributed by atoms with Crippen LogP contribution in [0.5, 0.6) is 0 Å². The number of furan rings is 1. The Labute approximate surface area is 108 Å². The highest BCUT2D eigenvalue weighted by Crippen LogP contribution is 2.27. The zero-order chi connectivity index (χ0) is 12.4. The Bertz CT molecular complexity index is 525. The molecule has 1 fully saturated rings. The van der Waals surface area contributed by atoms with E-state index in [0.29, 0.717) is 0 Å². The minimum atomic E-state index is 0.910. The number of aryl methyl sites for hydroxylation is 1. The second-order valence-electron chi connectivity index (χ2n) is 5.28. The van der Waals surface area contributed by atoms with Crippen molar-refractivity contribution >= 4 is 11.0 Å². The third-order valence-corrected chi connectivity index (χ3v) is 4.06. The van der Waals surface area contributed by atoms with E-state index >= 15 is 0 Å². The number of nitrogens with one attached hydrogen (secondary N) is 1. The summed E-state index contributed by atoms with van der Waals surface area (Å²) in [5.74, 6) is 2.05. The molecule has 0 amide bonds. The van der Waals surface area contributed by atoms with Gasteiger partial charge in [-0.3, -0.25) is 0 Å². The highest BCUT2D eigenvalue weighted by Gasteiger charge is 2.17. The van der Waals surface area contributed by atoms with Gasteiger partial charge in [-0.1, -0.05) is 31.5 Å². The summed E-state index contributed by atoms with van der Waals surface area (Å²) >= 11 is 0. The van der Waals surface area contributed by atoms with Gasteiger partial charge in [0.2, 0.25) is 0 Å². The van der Waals surface area contributed by atoms with Crippen molar-refractivity contribution in [1.29, 1.82) is 0 Å². The number of hydrogen-bond donors (Lipinski definition) is 1. The van der Waals surface area contributed by atoms with Crippen molar-refractivity contribution < 1.29 is 4.42 Å². The maximum absolute atomic E-state index is 5.91. The fraction of sp³-hybridized carbons (Fsp3) is 0.500. The molecule has 18 heavy (non-hydrogen) atoms. The van der Waals surface area contributed by atoms with E-state index in [2.05, 4.69) is 30.4 Å². The molecule has 96 valence electrons. The van der Waals surface area contributed by atoms with Gasteiger partial charge >= 0.3 is 0 Å². The molecule has 1 aromatic carbocycles. The average Bonchev–Trinajstić information content (AvgIpc) is 2.70. The van der Waals surface area contributed by atoms with E-state index < -0.39 is 0 Å². The smallest absolute Gasteiger partial charge is 0.134 e. The second kappa shape index (κ2) is 5.15. The van der Waals surface area contributed by atoms with Gasteiger partial charge in [0.15, 0.2) is 0 Å². The molecule has 0 aliphatic heterocycles. The summed E-state index contributed by atoms with van der Waals surface area (Å²) in [6.07, 6.45) is 5.19. The summed E-state index contributed by atoms with van der Waals surface area (Å²) in [5.41, 5.74) is 2.38. The van der Waals surface area contributed by atoms with Gasteiger partial charge in [0.25, 0.3) is 0 Å². The molecule has 1 aliphatic rings. The zero-order valence-corrected chi connectivity index (χ0v) is 11.0. The van der Waals surface area contributed by atoms with Crippen molar-refractivity contribution in [3.8, 4) is 0 Å². The van der Waals surface area contributed by atoms with Gasteiger partial charge < -0.3 is 9.73 Å². The minimum absolute atomic E-state index is 0.910. The lowest BCUT2D eigenvalue weighted by molar-refractivity contribution is 0.301. The van der Waals surface area contributed by atoms with Gasteiger partial charge in [-0.05, 0) is 31.4 Å². The largest absolute Gasteiger partial charge is 0.461 e. The molecule has 2 aromatic rings. The molecule has 0 saturated heterocycles. The van der Waals surface area contributed by atoms with Crippen LogP contribution >= 0.6 is 0 Å². The van der Waals surface area contributed by atoms with Crippen LogP contribution in [0.25, 0.3) is 11.0 Å². The molecule has 2 heteroatoms. The first-order chi connectivity index (χ1) is 8.88. The Kier molecular flexibility index (Phi) is 3.37. The number of para-hydroxylation sites is 1. The lowest BCUT2D eigenvalue weighted by Crippen LogP contribution is -2.27. The number of rotatable bonds is 5. The van der Waals surface area contributed by atoms with E-state index in [9.17, 15) is 0 Å². The van der Waals surface area contributed by atoms with Crippen molar-refractivity contribution in [2.24, 2.45) is 5.92 Å². The molecule has 0 unspecified atom stereocenters. The highest BCUT2D eigenvalue weighted by molar-refractivity contribution is 5.82. The highest BCUT2D eigenvalue weighted by atomic mass is 16.3. The lowest BCUT2D eigenvalue weighted by atomic mass is 9.85. The molecule has 1 N–H and O–H groups in total. The van der Waals surface area contributed by atoms with Crippen molar-refractivity contribution in [1.82, 2.24) is 5.32 Å². The van der Waals surface area contributed by atoms with Gasteiger partial charge in [0.05, 0.1) is 0 Å². The second-order valence-corrected chi connectivity index (χ2v) is 5.28. The van der Waals surface area contributed by atoms with E-state index in [4.69, 9.17) is 4.42 Å². The normalized spacial score (nSPS) is 16.1. The van der Waals surface area contributed by atoms with Crippen LogP contribution in [-0.4, -0.2) is 6.54 Å². The predicted molar refractivity (Wildman–Crippen MR) is 74.6 cm³/mol. The Morgan fingerprint density at radius 3 is 2.83 bits per heavy atom. The maximum atomic E-state index is 5.91. The van der Waals surface area contributed by atoms with Crippen LogP contribution in [0, 0.1) is 5.92 Å². The van der Waals surface area contributed by atoms with Crippen LogP contribution in [-0.2, 0) is 13.0 Å². The van der Waals surface area contributed by atoms with Crippen LogP contribution in [0.2, 0.25) is 0 Å². The molecule has 1 aliphatic carbocycles. The predicted octanol–water partition coefficient (Wildman–Crippen LogP) is 3.88. The quantitative estimate of drug-likeness (QED) is 0.862. The topological polar surface area (TPSA) is 25.2 Å². The first kappa shape index (κ1) is 11.8. The summed E-state index contributed by atoms with van der Waals surface area (Å²) in [7, 11) is 0. The maximum Gasteiger partial charge on any atom is 0.134 e. The van der Waals surface area contributed by atoms with E-state index in [-0.39, 0.29) is 0 Å². The first-order valence-electron chi connectivity index (χ1n) is 7.08. The molecule has 1 saturated carbocycles. The molecule has 0 bridgehead atoms. The Morgan fingerprint density at radius 2 is 2.11 bits per heavy atom. The van der Waals surface area contributed by atoms with Crippen LogP contribution in [0.1, 0.15) is 37.5 Å². The Morgan fingerprint density at radius 1 is 1.28 bits per heavy atom. The van der Waals surface area contributed by atoms with Gasteiger partial charge in [-0.2, -0.15) is 0 Å². The van der Waals surface area contributed by atoms with Crippen molar-refractivity contribution in [3.63, 3.8) is 0 Å². The van der Waals surface area contributed by atoms with Gasteiger partial charge in [-0.15, -0.1) is 0 Å². The molecule has 0 radical (unpaired) electrons. The van der Waals surface area contributed by atoms with Crippen LogP contribution in [0.4, 0.5) is 0 Å². The zero-order valence-electron chi connectivity index (χ0n) is 11.0. The van der Waals surface area contributed by atoms with Gasteiger partial charge in [0, 0.05) is 23.9 Å². The summed E-state index contributed by atoms with van der Waals surface area (Å²) in [6, 6.07) is 8.35. The third kappa shape index (κ3) is 2.17. The Hall–Kier alpha value is -1.28. The van der Waals surface area contributed by atoms with Crippen molar-refractivity contribution in [2.75, 3.05) is 6.54 Å². The molecule has 1 heterocycles. The van der Waals surface area contributed by atoms with Crippen LogP contribution < -0.4 is 5.32 Å². The Balaban J connectivity index is 1.75. The summed E-state index contributed by atoms with van der Waals surface area (Å²) in [4.78, 5) is 0. The third-order valence-electron chi connectivity index (χ3n) is 4.06. The number of benzene rings is 1. The van der Waals surface area contributed by atoms with Crippen LogP contribution in [0.15, 0.2) is 28.7 Å². The van der Waals surface area contributed by atoms with Crippen LogP contribution in [0.3, 0.4) is 0 Å². The molecule has 1 aromatic heterocycles. The summed E-state index contributed by atoms with van der Waals surface area (Å²) in [6.45, 7) is 4.26. The molecule has 0 atom stereocenters. The minimum Gasteiger partial charge on any atom is -0.461 e. The monoisotopic (exact) mass is 243 g/mol. The van der Waals surface area contributed by atoms with Gasteiger partial charge in [-0.25, -0.2) is 0 Å². The molecule has 3 rings (SSSR count). The molecular weight excluding hydrogens is 222 g/mol. The van der Waals surface area contributed by atoms with E-state index in [1.807, 2.05) is 6.07 Å². The average molecular weight is 243 g/mol. The van der Waals surface area contributed by atoms with Crippen molar-refractivity contribution in [2.45, 2.75) is 39.2 Å². The number of fused-ring (bicyclic) bond motifs is 1. The van der Waals surface area contributed by atoms with E-state index in [0.717, 1.165) is 36.8 Å². The number of hydrogen-bond acceptors (Lipinski definition) is 2. The van der Waals surface area contributed by atoms with E-state index in [1.165, 1.54) is 30.2 Å². The molecule has 2 nitrogen and oxygen atoms in total. The molecule has 0 spiro atoms.